The Labute approximate surface area is 131 Å². The average Bonchev–Trinajstić information content (AvgIpc) is 2.75. The Morgan fingerprint density at radius 2 is 2.20 bits per heavy atom. The van der Waals surface area contributed by atoms with Crippen LogP contribution in [0.25, 0.3) is 10.1 Å². The van der Waals surface area contributed by atoms with Gasteiger partial charge in [-0.05, 0) is 24.1 Å². The van der Waals surface area contributed by atoms with Crippen LogP contribution in [0.5, 0.6) is 0 Å². The maximum Gasteiger partial charge on any atom is 0.265 e. The van der Waals surface area contributed by atoms with Crippen molar-refractivity contribution in [2.24, 2.45) is 5.92 Å². The lowest BCUT2D eigenvalue weighted by molar-refractivity contribution is 0.0780. The van der Waals surface area contributed by atoms with Crippen molar-refractivity contribution in [2.75, 3.05) is 19.3 Å². The zero-order chi connectivity index (χ0) is 14.9. The SMILES string of the molecule is CCC(C)CN(C)C(=O)c1sc2ccc(Br)cc2c1N. The predicted molar refractivity (Wildman–Crippen MR) is 90.4 cm³/mol. The van der Waals surface area contributed by atoms with E-state index in [4.69, 9.17) is 5.73 Å². The zero-order valence-electron chi connectivity index (χ0n) is 11.9. The summed E-state index contributed by atoms with van der Waals surface area (Å²) in [5, 5.41) is 0.949. The first kappa shape index (κ1) is 15.3. The molecule has 108 valence electrons. The normalized spacial score (nSPS) is 12.6. The second-order valence-electron chi connectivity index (χ2n) is 5.18. The van der Waals surface area contributed by atoms with Gasteiger partial charge in [0.15, 0.2) is 0 Å². The third-order valence-electron chi connectivity index (χ3n) is 3.51. The van der Waals surface area contributed by atoms with Crippen LogP contribution in [-0.4, -0.2) is 24.4 Å². The summed E-state index contributed by atoms with van der Waals surface area (Å²) < 4.78 is 2.02. The Morgan fingerprint density at radius 1 is 1.50 bits per heavy atom. The van der Waals surface area contributed by atoms with Crippen molar-refractivity contribution in [3.05, 3.63) is 27.5 Å². The summed E-state index contributed by atoms with van der Waals surface area (Å²) >= 11 is 4.90. The molecule has 20 heavy (non-hydrogen) atoms. The van der Waals surface area contributed by atoms with Crippen LogP contribution < -0.4 is 5.73 Å². The van der Waals surface area contributed by atoms with Gasteiger partial charge in [0.1, 0.15) is 4.88 Å². The van der Waals surface area contributed by atoms with Gasteiger partial charge in [-0.15, -0.1) is 11.3 Å². The molecule has 2 rings (SSSR count). The summed E-state index contributed by atoms with van der Waals surface area (Å²) in [7, 11) is 1.84. The molecule has 5 heteroatoms. The first-order valence-electron chi connectivity index (χ1n) is 6.67. The average molecular weight is 355 g/mol. The molecule has 0 saturated heterocycles. The smallest absolute Gasteiger partial charge is 0.265 e. The highest BCUT2D eigenvalue weighted by Crippen LogP contribution is 2.35. The summed E-state index contributed by atoms with van der Waals surface area (Å²) in [6, 6.07) is 5.92. The second-order valence-corrected chi connectivity index (χ2v) is 7.15. The van der Waals surface area contributed by atoms with Crippen LogP contribution in [0.2, 0.25) is 0 Å². The fourth-order valence-corrected chi connectivity index (χ4v) is 3.56. The van der Waals surface area contributed by atoms with E-state index in [1.807, 2.05) is 25.2 Å². The van der Waals surface area contributed by atoms with Crippen LogP contribution in [0.15, 0.2) is 22.7 Å². The number of hydrogen-bond acceptors (Lipinski definition) is 3. The van der Waals surface area contributed by atoms with Gasteiger partial charge in [-0.3, -0.25) is 4.79 Å². The number of hydrogen-bond donors (Lipinski definition) is 1. The molecule has 1 aromatic heterocycles. The standard InChI is InChI=1S/C15H19BrN2OS/c1-4-9(2)8-18(3)15(19)14-13(17)11-7-10(16)5-6-12(11)20-14/h5-7,9H,4,8,17H2,1-3H3. The molecule has 0 bridgehead atoms. The van der Waals surface area contributed by atoms with Crippen molar-refractivity contribution in [3.63, 3.8) is 0 Å². The molecule has 0 aliphatic carbocycles. The number of nitrogen functional groups attached to an aromatic ring is 1. The lowest BCUT2D eigenvalue weighted by Crippen LogP contribution is -2.30. The molecule has 2 aromatic rings. The summed E-state index contributed by atoms with van der Waals surface area (Å²) in [5.74, 6) is 0.508. The van der Waals surface area contributed by atoms with Crippen molar-refractivity contribution >= 4 is 48.9 Å². The highest BCUT2D eigenvalue weighted by atomic mass is 79.9. The molecule has 1 heterocycles. The Morgan fingerprint density at radius 3 is 2.85 bits per heavy atom. The molecule has 0 fully saturated rings. The Hall–Kier alpha value is -1.07. The number of carbonyl (C=O) groups excluding carboxylic acids is 1. The van der Waals surface area contributed by atoms with E-state index in [2.05, 4.69) is 29.8 Å². The number of anilines is 1. The molecule has 1 atom stereocenters. The maximum absolute atomic E-state index is 12.5. The van der Waals surface area contributed by atoms with Crippen LogP contribution in [-0.2, 0) is 0 Å². The lowest BCUT2D eigenvalue weighted by atomic mass is 10.1. The number of nitrogens with two attached hydrogens (primary N) is 1. The Bertz CT molecular complexity index is 638. The first-order valence-corrected chi connectivity index (χ1v) is 8.28. The number of rotatable bonds is 4. The van der Waals surface area contributed by atoms with E-state index in [-0.39, 0.29) is 5.91 Å². The summed E-state index contributed by atoms with van der Waals surface area (Å²) in [5.41, 5.74) is 6.74. The minimum atomic E-state index is 0.0140. The number of carbonyl (C=O) groups is 1. The van der Waals surface area contributed by atoms with Crippen LogP contribution in [0.1, 0.15) is 29.9 Å². The minimum absolute atomic E-state index is 0.0140. The van der Waals surface area contributed by atoms with Crippen molar-refractivity contribution in [1.29, 1.82) is 0 Å². The van der Waals surface area contributed by atoms with Crippen LogP contribution >= 0.6 is 27.3 Å². The molecule has 0 spiro atoms. The number of thiophene rings is 1. The molecular weight excluding hydrogens is 336 g/mol. The fraction of sp³-hybridized carbons (Fsp3) is 0.400. The summed E-state index contributed by atoms with van der Waals surface area (Å²) in [6.07, 6.45) is 1.06. The highest BCUT2D eigenvalue weighted by molar-refractivity contribution is 9.10. The molecular formula is C15H19BrN2OS. The van der Waals surface area contributed by atoms with Gasteiger partial charge in [0.2, 0.25) is 0 Å². The first-order chi connectivity index (χ1) is 9.43. The van der Waals surface area contributed by atoms with Gasteiger partial charge in [-0.1, -0.05) is 36.2 Å². The quantitative estimate of drug-likeness (QED) is 0.886. The van der Waals surface area contributed by atoms with Gasteiger partial charge in [0.25, 0.3) is 5.91 Å². The van der Waals surface area contributed by atoms with Crippen molar-refractivity contribution in [1.82, 2.24) is 4.90 Å². The molecule has 1 amide bonds. The zero-order valence-corrected chi connectivity index (χ0v) is 14.3. The number of benzene rings is 1. The molecule has 0 radical (unpaired) electrons. The minimum Gasteiger partial charge on any atom is -0.397 e. The predicted octanol–water partition coefficient (Wildman–Crippen LogP) is 4.36. The van der Waals surface area contributed by atoms with Gasteiger partial charge in [-0.25, -0.2) is 0 Å². The summed E-state index contributed by atoms with van der Waals surface area (Å²) in [4.78, 5) is 14.9. The van der Waals surface area contributed by atoms with E-state index in [0.717, 1.165) is 27.5 Å². The molecule has 3 nitrogen and oxygen atoms in total. The second kappa shape index (κ2) is 6.14. The van der Waals surface area contributed by atoms with Crippen LogP contribution in [0, 0.1) is 5.92 Å². The topological polar surface area (TPSA) is 46.3 Å². The van der Waals surface area contributed by atoms with Crippen LogP contribution in [0.4, 0.5) is 5.69 Å². The monoisotopic (exact) mass is 354 g/mol. The highest BCUT2D eigenvalue weighted by Gasteiger charge is 2.20. The number of amides is 1. The van der Waals surface area contributed by atoms with E-state index in [1.54, 1.807) is 4.90 Å². The largest absolute Gasteiger partial charge is 0.397 e. The van der Waals surface area contributed by atoms with Gasteiger partial charge in [0.05, 0.1) is 5.69 Å². The van der Waals surface area contributed by atoms with E-state index in [1.165, 1.54) is 11.3 Å². The number of nitrogens with zero attached hydrogens (tertiary/aromatic N) is 1. The molecule has 0 saturated carbocycles. The van der Waals surface area contributed by atoms with Gasteiger partial charge >= 0.3 is 0 Å². The Kier molecular flexibility index (Phi) is 4.70. The van der Waals surface area contributed by atoms with Crippen LogP contribution in [0.3, 0.4) is 0 Å². The van der Waals surface area contributed by atoms with Gasteiger partial charge in [0, 0.05) is 28.2 Å². The number of fused-ring (bicyclic) bond motifs is 1. The fourth-order valence-electron chi connectivity index (χ4n) is 2.10. The third kappa shape index (κ3) is 2.99. The molecule has 0 aliphatic rings. The third-order valence-corrected chi connectivity index (χ3v) is 5.18. The maximum atomic E-state index is 12.5. The Balaban J connectivity index is 2.33. The molecule has 1 aromatic carbocycles. The number of halogens is 1. The van der Waals surface area contributed by atoms with E-state index in [0.29, 0.717) is 16.5 Å². The van der Waals surface area contributed by atoms with Crippen molar-refractivity contribution < 1.29 is 4.79 Å². The van der Waals surface area contributed by atoms with Gasteiger partial charge in [-0.2, -0.15) is 0 Å². The molecule has 2 N–H and O–H groups in total. The summed E-state index contributed by atoms with van der Waals surface area (Å²) in [6.45, 7) is 5.04. The van der Waals surface area contributed by atoms with E-state index < -0.39 is 0 Å². The van der Waals surface area contributed by atoms with Crippen molar-refractivity contribution in [2.45, 2.75) is 20.3 Å². The molecule has 0 aliphatic heterocycles. The lowest BCUT2D eigenvalue weighted by Gasteiger charge is -2.20. The van der Waals surface area contributed by atoms with E-state index >= 15 is 0 Å². The van der Waals surface area contributed by atoms with E-state index in [9.17, 15) is 4.79 Å². The van der Waals surface area contributed by atoms with Crippen molar-refractivity contribution in [3.8, 4) is 0 Å². The van der Waals surface area contributed by atoms with Gasteiger partial charge < -0.3 is 10.6 Å². The molecule has 1 unspecified atom stereocenters.